The van der Waals surface area contributed by atoms with Crippen LogP contribution in [-0.4, -0.2) is 5.91 Å². The Morgan fingerprint density at radius 1 is 0.714 bits per heavy atom. The normalized spacial score (nSPS) is 11.1. The molecule has 1 aromatic heterocycles. The van der Waals surface area contributed by atoms with Crippen LogP contribution in [0.15, 0.2) is 63.8 Å². The number of hydrogen-bond donors (Lipinski definition) is 1. The summed E-state index contributed by atoms with van der Waals surface area (Å²) in [6.45, 7) is 0. The van der Waals surface area contributed by atoms with Gasteiger partial charge in [-0.25, -0.2) is 0 Å². The SMILES string of the molecule is O=C(CCCCCCCCCCCCCCCc1ccccc1)Nc1cccc2c(=O)c[c]oc12. The highest BCUT2D eigenvalue weighted by atomic mass is 16.3. The Labute approximate surface area is 210 Å². The van der Waals surface area contributed by atoms with Crippen LogP contribution < -0.4 is 10.7 Å². The van der Waals surface area contributed by atoms with E-state index in [2.05, 4.69) is 41.9 Å². The van der Waals surface area contributed by atoms with Crippen LogP contribution in [0, 0.1) is 6.26 Å². The van der Waals surface area contributed by atoms with E-state index < -0.39 is 0 Å². The van der Waals surface area contributed by atoms with Gasteiger partial charge in [-0.05, 0) is 37.0 Å². The monoisotopic (exact) mass is 474 g/mol. The van der Waals surface area contributed by atoms with Crippen LogP contribution in [0.4, 0.5) is 5.69 Å². The fraction of sp³-hybridized carbons (Fsp3) is 0.484. The zero-order valence-electron chi connectivity index (χ0n) is 21.0. The Balaban J connectivity index is 1.11. The van der Waals surface area contributed by atoms with E-state index in [0.29, 0.717) is 23.1 Å². The van der Waals surface area contributed by atoms with E-state index in [1.807, 2.05) is 0 Å². The summed E-state index contributed by atoms with van der Waals surface area (Å²) in [6.07, 6.45) is 20.7. The predicted octanol–water partition coefficient (Wildman–Crippen LogP) is 8.24. The van der Waals surface area contributed by atoms with Gasteiger partial charge in [0.25, 0.3) is 0 Å². The molecule has 0 fully saturated rings. The van der Waals surface area contributed by atoms with Gasteiger partial charge in [0, 0.05) is 12.5 Å². The quantitative estimate of drug-likeness (QED) is 0.200. The van der Waals surface area contributed by atoms with E-state index in [1.165, 1.54) is 88.7 Å². The zero-order chi connectivity index (χ0) is 24.6. The predicted molar refractivity (Wildman–Crippen MR) is 145 cm³/mol. The maximum absolute atomic E-state index is 12.3. The van der Waals surface area contributed by atoms with E-state index in [4.69, 9.17) is 4.42 Å². The standard InChI is InChI=1S/C31H40NO3/c33-29-24-25-35-31-27(29)21-17-22-28(31)32-30(34)23-16-11-9-7-5-3-1-2-4-6-8-10-13-18-26-19-14-12-15-20-26/h12,14-15,17,19-22,24H,1-11,13,16,18,23H2,(H,32,34). The molecule has 2 aromatic carbocycles. The maximum Gasteiger partial charge on any atom is 0.224 e. The summed E-state index contributed by atoms with van der Waals surface area (Å²) in [7, 11) is 0. The van der Waals surface area contributed by atoms with Crippen molar-refractivity contribution < 1.29 is 9.21 Å². The van der Waals surface area contributed by atoms with Crippen LogP contribution in [0.3, 0.4) is 0 Å². The molecule has 1 radical (unpaired) electrons. The van der Waals surface area contributed by atoms with Gasteiger partial charge < -0.3 is 9.73 Å². The Kier molecular flexibility index (Phi) is 12.1. The highest BCUT2D eigenvalue weighted by Crippen LogP contribution is 2.21. The largest absolute Gasteiger partial charge is 0.450 e. The molecule has 0 spiro atoms. The van der Waals surface area contributed by atoms with Gasteiger partial charge in [0.2, 0.25) is 5.91 Å². The van der Waals surface area contributed by atoms with Gasteiger partial charge >= 0.3 is 0 Å². The topological polar surface area (TPSA) is 59.3 Å². The van der Waals surface area contributed by atoms with Crippen molar-refractivity contribution in [3.63, 3.8) is 0 Å². The number of rotatable bonds is 17. The Bertz CT molecular complexity index is 1060. The summed E-state index contributed by atoms with van der Waals surface area (Å²) in [5, 5.41) is 3.33. The molecular weight excluding hydrogens is 434 g/mol. The van der Waals surface area contributed by atoms with E-state index in [-0.39, 0.29) is 11.3 Å². The third-order valence-electron chi connectivity index (χ3n) is 6.62. The first-order valence-electron chi connectivity index (χ1n) is 13.5. The Hall–Kier alpha value is -2.88. The van der Waals surface area contributed by atoms with E-state index in [0.717, 1.165) is 12.8 Å². The number of anilines is 1. The molecule has 35 heavy (non-hydrogen) atoms. The molecule has 1 N–H and O–H groups in total. The van der Waals surface area contributed by atoms with Crippen molar-refractivity contribution in [2.24, 2.45) is 0 Å². The van der Waals surface area contributed by atoms with E-state index >= 15 is 0 Å². The number of carbonyl (C=O) groups is 1. The number of para-hydroxylation sites is 1. The lowest BCUT2D eigenvalue weighted by Gasteiger charge is -2.07. The van der Waals surface area contributed by atoms with Crippen molar-refractivity contribution in [1.29, 1.82) is 0 Å². The van der Waals surface area contributed by atoms with E-state index in [9.17, 15) is 9.59 Å². The average molecular weight is 475 g/mol. The first kappa shape index (κ1) is 26.7. The van der Waals surface area contributed by atoms with Crippen LogP contribution in [0.1, 0.15) is 95.5 Å². The van der Waals surface area contributed by atoms with Crippen LogP contribution in [0.2, 0.25) is 0 Å². The summed E-state index contributed by atoms with van der Waals surface area (Å²) in [5.74, 6) is -0.0379. The second-order valence-corrected chi connectivity index (χ2v) is 9.54. The lowest BCUT2D eigenvalue weighted by molar-refractivity contribution is -0.116. The second kappa shape index (κ2) is 15.9. The molecule has 0 saturated heterocycles. The minimum absolute atomic E-state index is 0.0379. The third-order valence-corrected chi connectivity index (χ3v) is 6.62. The van der Waals surface area contributed by atoms with Crippen LogP contribution >= 0.6 is 0 Å². The van der Waals surface area contributed by atoms with Gasteiger partial charge in [-0.1, -0.05) is 107 Å². The molecule has 0 saturated carbocycles. The fourth-order valence-corrected chi connectivity index (χ4v) is 4.58. The van der Waals surface area contributed by atoms with Crippen LogP contribution in [0.25, 0.3) is 11.0 Å². The van der Waals surface area contributed by atoms with Gasteiger partial charge in [-0.2, -0.15) is 0 Å². The summed E-state index contributed by atoms with van der Waals surface area (Å²) in [5.41, 5.74) is 2.23. The van der Waals surface area contributed by atoms with Gasteiger partial charge in [-0.15, -0.1) is 0 Å². The maximum atomic E-state index is 12.3. The molecule has 0 unspecified atom stereocenters. The van der Waals surface area contributed by atoms with Gasteiger partial charge in [0.15, 0.2) is 17.3 Å². The molecule has 0 aliphatic heterocycles. The lowest BCUT2D eigenvalue weighted by atomic mass is 10.0. The molecule has 4 nitrogen and oxygen atoms in total. The highest BCUT2D eigenvalue weighted by molar-refractivity contribution is 5.99. The first-order chi connectivity index (χ1) is 17.2. The fourth-order valence-electron chi connectivity index (χ4n) is 4.58. The molecular formula is C31H40NO3. The van der Waals surface area contributed by atoms with Crippen molar-refractivity contribution in [3.8, 4) is 0 Å². The van der Waals surface area contributed by atoms with Gasteiger partial charge in [0.05, 0.1) is 11.1 Å². The molecule has 3 aromatic rings. The lowest BCUT2D eigenvalue weighted by Crippen LogP contribution is -2.12. The second-order valence-electron chi connectivity index (χ2n) is 9.54. The third kappa shape index (κ3) is 10.1. The summed E-state index contributed by atoms with van der Waals surface area (Å²) in [6, 6.07) is 17.3. The van der Waals surface area contributed by atoms with Crippen molar-refractivity contribution in [2.45, 2.75) is 96.3 Å². The Morgan fingerprint density at radius 3 is 1.97 bits per heavy atom. The number of fused-ring (bicyclic) bond motifs is 1. The van der Waals surface area contributed by atoms with Crippen molar-refractivity contribution in [3.05, 3.63) is 76.6 Å². The number of hydrogen-bond acceptors (Lipinski definition) is 3. The number of amides is 1. The summed E-state index contributed by atoms with van der Waals surface area (Å²) >= 11 is 0. The van der Waals surface area contributed by atoms with E-state index in [1.54, 1.807) is 18.2 Å². The van der Waals surface area contributed by atoms with Crippen molar-refractivity contribution in [1.82, 2.24) is 0 Å². The smallest absolute Gasteiger partial charge is 0.224 e. The number of unbranched alkanes of at least 4 members (excludes halogenated alkanes) is 12. The van der Waals surface area contributed by atoms with Crippen molar-refractivity contribution in [2.75, 3.05) is 5.32 Å². The number of nitrogens with one attached hydrogen (secondary N) is 1. The average Bonchev–Trinajstić information content (AvgIpc) is 2.87. The van der Waals surface area contributed by atoms with Crippen LogP contribution in [-0.2, 0) is 11.2 Å². The molecule has 1 amide bonds. The molecule has 0 aliphatic carbocycles. The molecule has 3 rings (SSSR count). The minimum Gasteiger partial charge on any atom is -0.450 e. The minimum atomic E-state index is -0.156. The number of benzene rings is 2. The molecule has 0 aliphatic rings. The molecule has 187 valence electrons. The molecule has 1 heterocycles. The highest BCUT2D eigenvalue weighted by Gasteiger charge is 2.09. The Morgan fingerprint density at radius 2 is 1.31 bits per heavy atom. The molecule has 0 atom stereocenters. The zero-order valence-corrected chi connectivity index (χ0v) is 21.0. The van der Waals surface area contributed by atoms with Gasteiger partial charge in [-0.3, -0.25) is 9.59 Å². The molecule has 0 bridgehead atoms. The summed E-state index contributed by atoms with van der Waals surface area (Å²) in [4.78, 5) is 24.2. The van der Waals surface area contributed by atoms with Gasteiger partial charge in [0.1, 0.15) is 0 Å². The summed E-state index contributed by atoms with van der Waals surface area (Å²) < 4.78 is 5.33. The molecule has 4 heteroatoms. The van der Waals surface area contributed by atoms with Crippen molar-refractivity contribution >= 4 is 22.6 Å². The first-order valence-corrected chi connectivity index (χ1v) is 13.5. The van der Waals surface area contributed by atoms with Crippen LogP contribution in [0.5, 0.6) is 0 Å². The number of aryl methyl sites for hydroxylation is 1. The number of carbonyl (C=O) groups excluding carboxylic acids is 1.